The second-order valence-electron chi connectivity index (χ2n) is 5.46. The Morgan fingerprint density at radius 1 is 1.19 bits per heavy atom. The Bertz CT molecular complexity index is 1050. The summed E-state index contributed by atoms with van der Waals surface area (Å²) in [5.74, 6) is -0.232. The molecule has 0 aliphatic rings. The van der Waals surface area contributed by atoms with Crippen LogP contribution < -0.4 is 10.5 Å². The molecule has 2 aromatic carbocycles. The second-order valence-corrected chi connectivity index (χ2v) is 9.05. The van der Waals surface area contributed by atoms with E-state index >= 15 is 0 Å². The van der Waals surface area contributed by atoms with Crippen LogP contribution in [-0.2, 0) is 16.4 Å². The maximum atomic E-state index is 12.2. The SMILES string of the molecule is NS(=O)(=O)c1ccc(Cc2cnc(NC(=O)c3cccc(Br)c3)s2)cc1. The molecule has 3 rings (SSSR count). The van der Waals surface area contributed by atoms with Crippen molar-refractivity contribution >= 4 is 48.3 Å². The first-order valence-corrected chi connectivity index (χ1v) is 10.6. The quantitative estimate of drug-likeness (QED) is 0.620. The summed E-state index contributed by atoms with van der Waals surface area (Å²) in [7, 11) is -3.69. The average molecular weight is 452 g/mol. The van der Waals surface area contributed by atoms with Crippen molar-refractivity contribution in [3.8, 4) is 0 Å². The first-order chi connectivity index (χ1) is 12.3. The molecule has 0 fully saturated rings. The highest BCUT2D eigenvalue weighted by Crippen LogP contribution is 2.23. The molecular formula is C17H14BrN3O3S2. The number of hydrogen-bond donors (Lipinski definition) is 2. The van der Waals surface area contributed by atoms with Gasteiger partial charge >= 0.3 is 0 Å². The molecule has 0 aliphatic carbocycles. The number of benzene rings is 2. The number of hydrogen-bond acceptors (Lipinski definition) is 5. The molecule has 9 heteroatoms. The fraction of sp³-hybridized carbons (Fsp3) is 0.0588. The zero-order chi connectivity index (χ0) is 18.7. The number of nitrogens with one attached hydrogen (secondary N) is 1. The molecule has 0 bridgehead atoms. The number of thiazole rings is 1. The van der Waals surface area contributed by atoms with E-state index in [9.17, 15) is 13.2 Å². The van der Waals surface area contributed by atoms with Gasteiger partial charge in [0.2, 0.25) is 10.0 Å². The molecule has 26 heavy (non-hydrogen) atoms. The lowest BCUT2D eigenvalue weighted by Gasteiger charge is -2.02. The normalized spacial score (nSPS) is 11.3. The fourth-order valence-corrected chi connectivity index (χ4v) is 4.00. The third kappa shape index (κ3) is 4.76. The summed E-state index contributed by atoms with van der Waals surface area (Å²) in [5, 5.41) is 8.37. The average Bonchev–Trinajstić information content (AvgIpc) is 3.01. The zero-order valence-electron chi connectivity index (χ0n) is 13.3. The van der Waals surface area contributed by atoms with Crippen LogP contribution in [0.4, 0.5) is 5.13 Å². The van der Waals surface area contributed by atoms with E-state index in [-0.39, 0.29) is 10.8 Å². The monoisotopic (exact) mass is 451 g/mol. The van der Waals surface area contributed by atoms with E-state index in [0.29, 0.717) is 17.1 Å². The molecule has 134 valence electrons. The van der Waals surface area contributed by atoms with Crippen molar-refractivity contribution < 1.29 is 13.2 Å². The van der Waals surface area contributed by atoms with Gasteiger partial charge in [0.15, 0.2) is 5.13 Å². The molecule has 1 heterocycles. The van der Waals surface area contributed by atoms with Crippen LogP contribution in [0, 0.1) is 0 Å². The first-order valence-electron chi connectivity index (χ1n) is 7.44. The smallest absolute Gasteiger partial charge is 0.257 e. The van der Waals surface area contributed by atoms with Crippen LogP contribution in [-0.4, -0.2) is 19.3 Å². The van der Waals surface area contributed by atoms with E-state index in [1.165, 1.54) is 23.5 Å². The van der Waals surface area contributed by atoms with Gasteiger partial charge in [-0.2, -0.15) is 0 Å². The lowest BCUT2D eigenvalue weighted by molar-refractivity contribution is 0.102. The van der Waals surface area contributed by atoms with Gasteiger partial charge in [-0.05, 0) is 35.9 Å². The minimum Gasteiger partial charge on any atom is -0.298 e. The highest BCUT2D eigenvalue weighted by atomic mass is 79.9. The van der Waals surface area contributed by atoms with Crippen LogP contribution in [0.1, 0.15) is 20.8 Å². The summed E-state index contributed by atoms with van der Waals surface area (Å²) >= 11 is 4.70. The van der Waals surface area contributed by atoms with Crippen molar-refractivity contribution in [2.75, 3.05) is 5.32 Å². The summed E-state index contributed by atoms with van der Waals surface area (Å²) in [5.41, 5.74) is 1.46. The Kier molecular flexibility index (Phi) is 5.52. The Morgan fingerprint density at radius 2 is 1.92 bits per heavy atom. The molecule has 0 spiro atoms. The van der Waals surface area contributed by atoms with E-state index < -0.39 is 10.0 Å². The highest BCUT2D eigenvalue weighted by Gasteiger charge is 2.11. The Hall–Kier alpha value is -2.07. The largest absolute Gasteiger partial charge is 0.298 e. The Balaban J connectivity index is 1.67. The second kappa shape index (κ2) is 7.67. The molecule has 0 radical (unpaired) electrons. The summed E-state index contributed by atoms with van der Waals surface area (Å²) in [6.45, 7) is 0. The predicted molar refractivity (Wildman–Crippen MR) is 105 cm³/mol. The molecule has 0 saturated heterocycles. The summed E-state index contributed by atoms with van der Waals surface area (Å²) < 4.78 is 23.4. The first kappa shape index (κ1) is 18.7. The molecule has 3 N–H and O–H groups in total. The molecule has 1 amide bonds. The number of rotatable bonds is 5. The zero-order valence-corrected chi connectivity index (χ0v) is 16.6. The van der Waals surface area contributed by atoms with Crippen LogP contribution in [0.25, 0.3) is 0 Å². The van der Waals surface area contributed by atoms with E-state index in [2.05, 4.69) is 26.2 Å². The molecule has 0 aliphatic heterocycles. The van der Waals surface area contributed by atoms with E-state index in [0.717, 1.165) is 14.9 Å². The highest BCUT2D eigenvalue weighted by molar-refractivity contribution is 9.10. The van der Waals surface area contributed by atoms with Gasteiger partial charge in [0, 0.05) is 27.5 Å². The van der Waals surface area contributed by atoms with Crippen molar-refractivity contribution in [1.29, 1.82) is 0 Å². The summed E-state index contributed by atoms with van der Waals surface area (Å²) in [4.78, 5) is 17.5. The maximum Gasteiger partial charge on any atom is 0.257 e. The van der Waals surface area contributed by atoms with Crippen LogP contribution in [0.2, 0.25) is 0 Å². The van der Waals surface area contributed by atoms with E-state index in [1.807, 2.05) is 6.07 Å². The van der Waals surface area contributed by atoms with Crippen molar-refractivity contribution in [2.24, 2.45) is 5.14 Å². The molecule has 1 aromatic heterocycles. The van der Waals surface area contributed by atoms with E-state index in [4.69, 9.17) is 5.14 Å². The number of carbonyl (C=O) groups is 1. The number of primary sulfonamides is 1. The van der Waals surface area contributed by atoms with Gasteiger partial charge in [0.25, 0.3) is 5.91 Å². The number of aromatic nitrogens is 1. The third-order valence-electron chi connectivity index (χ3n) is 3.49. The van der Waals surface area contributed by atoms with Crippen molar-refractivity contribution in [1.82, 2.24) is 4.98 Å². The molecule has 6 nitrogen and oxygen atoms in total. The maximum absolute atomic E-state index is 12.2. The van der Waals surface area contributed by atoms with Crippen LogP contribution >= 0.6 is 27.3 Å². The lowest BCUT2D eigenvalue weighted by Crippen LogP contribution is -2.11. The summed E-state index contributed by atoms with van der Waals surface area (Å²) in [6.07, 6.45) is 2.27. The van der Waals surface area contributed by atoms with Crippen molar-refractivity contribution in [2.45, 2.75) is 11.3 Å². The van der Waals surface area contributed by atoms with Crippen LogP contribution in [0.5, 0.6) is 0 Å². The van der Waals surface area contributed by atoms with Crippen LogP contribution in [0.3, 0.4) is 0 Å². The van der Waals surface area contributed by atoms with Gasteiger partial charge in [0.1, 0.15) is 0 Å². The molecular weight excluding hydrogens is 438 g/mol. The molecule has 0 atom stereocenters. The topological polar surface area (TPSA) is 102 Å². The van der Waals surface area contributed by atoms with Crippen LogP contribution in [0.15, 0.2) is 64.1 Å². The van der Waals surface area contributed by atoms with Gasteiger partial charge in [-0.1, -0.05) is 34.1 Å². The van der Waals surface area contributed by atoms with Crippen molar-refractivity contribution in [3.05, 3.63) is 75.2 Å². The van der Waals surface area contributed by atoms with Gasteiger partial charge in [-0.15, -0.1) is 11.3 Å². The number of nitrogens with zero attached hydrogens (tertiary/aromatic N) is 1. The number of carbonyl (C=O) groups excluding carboxylic acids is 1. The van der Waals surface area contributed by atoms with Crippen molar-refractivity contribution in [3.63, 3.8) is 0 Å². The fourth-order valence-electron chi connectivity index (χ4n) is 2.24. The lowest BCUT2D eigenvalue weighted by atomic mass is 10.1. The number of halogens is 1. The molecule has 0 saturated carbocycles. The Morgan fingerprint density at radius 3 is 2.58 bits per heavy atom. The molecule has 0 unspecified atom stereocenters. The minimum atomic E-state index is -3.69. The number of nitrogens with two attached hydrogens (primary N) is 1. The van der Waals surface area contributed by atoms with Gasteiger partial charge in [0.05, 0.1) is 4.90 Å². The van der Waals surface area contributed by atoms with Gasteiger partial charge < -0.3 is 0 Å². The third-order valence-corrected chi connectivity index (χ3v) is 5.83. The predicted octanol–water partition coefficient (Wildman–Crippen LogP) is 3.40. The van der Waals surface area contributed by atoms with Gasteiger partial charge in [-0.3, -0.25) is 10.1 Å². The summed E-state index contributed by atoms with van der Waals surface area (Å²) in [6, 6.07) is 13.5. The number of amides is 1. The Labute approximate surface area is 163 Å². The van der Waals surface area contributed by atoms with Gasteiger partial charge in [-0.25, -0.2) is 18.5 Å². The number of sulfonamides is 1. The van der Waals surface area contributed by atoms with E-state index in [1.54, 1.807) is 36.5 Å². The number of anilines is 1. The molecule has 3 aromatic rings. The standard InChI is InChI=1S/C17H14BrN3O3S2/c18-13-3-1-2-12(9-13)16(22)21-17-20-10-14(25-17)8-11-4-6-15(7-5-11)26(19,23)24/h1-7,9-10H,8H2,(H2,19,23,24)(H,20,21,22). The minimum absolute atomic E-state index is 0.0764.